The molecule has 5 nitrogen and oxygen atoms in total. The van der Waals surface area contributed by atoms with E-state index >= 15 is 0 Å². The predicted molar refractivity (Wildman–Crippen MR) is 92.9 cm³/mol. The first-order valence-corrected chi connectivity index (χ1v) is 8.49. The van der Waals surface area contributed by atoms with Crippen LogP contribution in [0.25, 0.3) is 5.00 Å². The van der Waals surface area contributed by atoms with Crippen molar-refractivity contribution in [3.63, 3.8) is 0 Å². The van der Waals surface area contributed by atoms with Crippen LogP contribution in [-0.2, 0) is 13.1 Å². The number of benzene rings is 1. The molecule has 0 amide bonds. The van der Waals surface area contributed by atoms with Gasteiger partial charge in [-0.05, 0) is 12.1 Å². The summed E-state index contributed by atoms with van der Waals surface area (Å²) in [6, 6.07) is 9.54. The standard InChI is InChI=1S/C15H11Cl2N5S/c16-10-4-2-1-3-8(10)14-9-5-11(17)23-15(9)22-12(6-18)20-21-13(22)7-19-14/h1-5H,6-7,18H2. The second-order valence-electron chi connectivity index (χ2n) is 4.99. The number of nitrogens with zero attached hydrogens (tertiary/aromatic N) is 4. The molecule has 0 spiro atoms. The molecule has 1 aliphatic heterocycles. The first-order valence-electron chi connectivity index (χ1n) is 6.91. The van der Waals surface area contributed by atoms with Crippen LogP contribution in [0.5, 0.6) is 0 Å². The van der Waals surface area contributed by atoms with Gasteiger partial charge in [0.05, 0.1) is 16.6 Å². The monoisotopic (exact) mass is 363 g/mol. The van der Waals surface area contributed by atoms with Crippen molar-refractivity contribution in [3.8, 4) is 5.00 Å². The summed E-state index contributed by atoms with van der Waals surface area (Å²) in [5, 5.41) is 9.91. The Morgan fingerprint density at radius 1 is 1.17 bits per heavy atom. The van der Waals surface area contributed by atoms with E-state index in [0.717, 1.165) is 27.7 Å². The van der Waals surface area contributed by atoms with Gasteiger partial charge in [0.25, 0.3) is 0 Å². The van der Waals surface area contributed by atoms with E-state index in [-0.39, 0.29) is 0 Å². The summed E-state index contributed by atoms with van der Waals surface area (Å²) < 4.78 is 2.61. The third-order valence-electron chi connectivity index (χ3n) is 3.63. The predicted octanol–water partition coefficient (Wildman–Crippen LogP) is 3.45. The van der Waals surface area contributed by atoms with E-state index in [1.807, 2.05) is 34.9 Å². The van der Waals surface area contributed by atoms with Crippen LogP contribution in [0.15, 0.2) is 35.3 Å². The summed E-state index contributed by atoms with van der Waals surface area (Å²) in [7, 11) is 0. The van der Waals surface area contributed by atoms with Gasteiger partial charge in [0.2, 0.25) is 0 Å². The number of rotatable bonds is 2. The highest BCUT2D eigenvalue weighted by atomic mass is 35.5. The lowest BCUT2D eigenvalue weighted by molar-refractivity contribution is 0.837. The molecule has 4 rings (SSSR count). The molecule has 3 aromatic rings. The molecule has 0 aliphatic carbocycles. The van der Waals surface area contributed by atoms with E-state index in [1.54, 1.807) is 0 Å². The van der Waals surface area contributed by atoms with Gasteiger partial charge in [0.15, 0.2) is 11.6 Å². The maximum Gasteiger partial charge on any atom is 0.160 e. The zero-order chi connectivity index (χ0) is 16.0. The minimum Gasteiger partial charge on any atom is -0.324 e. The van der Waals surface area contributed by atoms with Crippen LogP contribution in [0.3, 0.4) is 0 Å². The SMILES string of the molecule is NCc1nnc2n1-c1sc(Cl)cc1C(c1ccccc1Cl)=NC2. The molecule has 0 radical (unpaired) electrons. The Labute approximate surface area is 146 Å². The first-order chi connectivity index (χ1) is 11.2. The summed E-state index contributed by atoms with van der Waals surface area (Å²) in [5.41, 5.74) is 8.39. The van der Waals surface area contributed by atoms with Crippen molar-refractivity contribution >= 4 is 40.3 Å². The van der Waals surface area contributed by atoms with Crippen molar-refractivity contribution in [2.24, 2.45) is 10.7 Å². The molecule has 116 valence electrons. The zero-order valence-electron chi connectivity index (χ0n) is 11.8. The molecular weight excluding hydrogens is 353 g/mol. The van der Waals surface area contributed by atoms with Crippen LogP contribution in [0, 0.1) is 0 Å². The zero-order valence-corrected chi connectivity index (χ0v) is 14.2. The Bertz CT molecular complexity index is 928. The number of aromatic nitrogens is 3. The van der Waals surface area contributed by atoms with Gasteiger partial charge in [-0.2, -0.15) is 0 Å². The summed E-state index contributed by atoms with van der Waals surface area (Å²) >= 11 is 14.1. The molecule has 2 N–H and O–H groups in total. The van der Waals surface area contributed by atoms with Crippen molar-refractivity contribution in [3.05, 3.63) is 62.5 Å². The number of nitrogens with two attached hydrogens (primary N) is 1. The second-order valence-corrected chi connectivity index (χ2v) is 7.06. The van der Waals surface area contributed by atoms with Gasteiger partial charge in [-0.1, -0.05) is 41.4 Å². The fourth-order valence-electron chi connectivity index (χ4n) is 2.63. The molecule has 0 saturated carbocycles. The van der Waals surface area contributed by atoms with E-state index in [0.29, 0.717) is 28.3 Å². The van der Waals surface area contributed by atoms with Crippen LogP contribution in [-0.4, -0.2) is 20.5 Å². The van der Waals surface area contributed by atoms with Crippen LogP contribution in [0.2, 0.25) is 9.36 Å². The summed E-state index contributed by atoms with van der Waals surface area (Å²) in [6.07, 6.45) is 0. The average molecular weight is 364 g/mol. The molecule has 1 aliphatic rings. The lowest BCUT2D eigenvalue weighted by Crippen LogP contribution is -2.09. The molecule has 0 fully saturated rings. The largest absolute Gasteiger partial charge is 0.324 e. The van der Waals surface area contributed by atoms with Crippen LogP contribution >= 0.6 is 34.5 Å². The van der Waals surface area contributed by atoms with Crippen molar-refractivity contribution in [1.82, 2.24) is 14.8 Å². The molecule has 3 heterocycles. The number of hydrogen-bond donors (Lipinski definition) is 1. The fraction of sp³-hybridized carbons (Fsp3) is 0.133. The molecule has 0 bridgehead atoms. The molecule has 0 atom stereocenters. The minimum absolute atomic E-state index is 0.295. The normalized spacial score (nSPS) is 13.3. The number of thiophene rings is 1. The molecule has 0 saturated heterocycles. The first kappa shape index (κ1) is 14.8. The average Bonchev–Trinajstić information content (AvgIpc) is 3.09. The lowest BCUT2D eigenvalue weighted by atomic mass is 10.0. The van der Waals surface area contributed by atoms with Crippen LogP contribution in [0.1, 0.15) is 22.8 Å². The summed E-state index contributed by atoms with van der Waals surface area (Å²) in [4.78, 5) is 4.71. The molecule has 23 heavy (non-hydrogen) atoms. The van der Waals surface area contributed by atoms with Gasteiger partial charge >= 0.3 is 0 Å². The van der Waals surface area contributed by atoms with Gasteiger partial charge < -0.3 is 5.73 Å². The topological polar surface area (TPSA) is 69.1 Å². The molecule has 1 aromatic carbocycles. The smallest absolute Gasteiger partial charge is 0.160 e. The van der Waals surface area contributed by atoms with Crippen LogP contribution < -0.4 is 5.73 Å². The number of fused-ring (bicyclic) bond motifs is 3. The molecule has 8 heteroatoms. The Morgan fingerprint density at radius 2 is 2.00 bits per heavy atom. The van der Waals surface area contributed by atoms with Gasteiger partial charge in [-0.15, -0.1) is 21.5 Å². The maximum atomic E-state index is 6.36. The quantitative estimate of drug-likeness (QED) is 0.757. The van der Waals surface area contributed by atoms with E-state index in [2.05, 4.69) is 10.2 Å². The van der Waals surface area contributed by atoms with E-state index in [4.69, 9.17) is 33.9 Å². The summed E-state index contributed by atoms with van der Waals surface area (Å²) in [5.74, 6) is 1.43. The van der Waals surface area contributed by atoms with E-state index in [9.17, 15) is 0 Å². The fourth-order valence-corrected chi connectivity index (χ4v) is 4.11. The number of halogens is 2. The Hall–Kier alpha value is -1.73. The van der Waals surface area contributed by atoms with E-state index < -0.39 is 0 Å². The highest BCUT2D eigenvalue weighted by Crippen LogP contribution is 2.36. The Kier molecular flexibility index (Phi) is 3.69. The summed E-state index contributed by atoms with van der Waals surface area (Å²) in [6.45, 7) is 0.704. The van der Waals surface area contributed by atoms with E-state index in [1.165, 1.54) is 11.3 Å². The highest BCUT2D eigenvalue weighted by Gasteiger charge is 2.25. The minimum atomic E-state index is 0.295. The third kappa shape index (κ3) is 2.38. The Morgan fingerprint density at radius 3 is 2.78 bits per heavy atom. The number of aliphatic imine (C=N–C) groups is 1. The number of hydrogen-bond acceptors (Lipinski definition) is 5. The molecule has 0 unspecified atom stereocenters. The Balaban J connectivity index is 1.98. The molecule has 2 aromatic heterocycles. The van der Waals surface area contributed by atoms with Crippen molar-refractivity contribution in [2.75, 3.05) is 0 Å². The maximum absolute atomic E-state index is 6.36. The van der Waals surface area contributed by atoms with Crippen molar-refractivity contribution < 1.29 is 0 Å². The van der Waals surface area contributed by atoms with Gasteiger partial charge in [0, 0.05) is 16.1 Å². The molecular formula is C15H11Cl2N5S. The lowest BCUT2D eigenvalue weighted by Gasteiger charge is -2.09. The van der Waals surface area contributed by atoms with Crippen molar-refractivity contribution in [1.29, 1.82) is 0 Å². The van der Waals surface area contributed by atoms with Gasteiger partial charge in [-0.25, -0.2) is 0 Å². The van der Waals surface area contributed by atoms with Gasteiger partial charge in [0.1, 0.15) is 11.5 Å². The van der Waals surface area contributed by atoms with Crippen molar-refractivity contribution in [2.45, 2.75) is 13.1 Å². The van der Waals surface area contributed by atoms with Crippen LogP contribution in [0.4, 0.5) is 0 Å². The van der Waals surface area contributed by atoms with Gasteiger partial charge in [-0.3, -0.25) is 9.56 Å². The second kappa shape index (κ2) is 5.72. The third-order valence-corrected chi connectivity index (χ3v) is 5.21. The highest BCUT2D eigenvalue weighted by molar-refractivity contribution is 7.19.